The number of carbonyl (C=O) groups excluding carboxylic acids is 1. The fourth-order valence-corrected chi connectivity index (χ4v) is 2.21. The molecule has 1 aromatic rings. The maximum atomic E-state index is 11.9. The van der Waals surface area contributed by atoms with Gasteiger partial charge in [-0.25, -0.2) is 8.42 Å². The van der Waals surface area contributed by atoms with Crippen molar-refractivity contribution in [2.24, 2.45) is 5.73 Å². The minimum atomic E-state index is -3.31. The number of anilines is 1. The lowest BCUT2D eigenvalue weighted by molar-refractivity contribution is -0.117. The Morgan fingerprint density at radius 3 is 2.65 bits per heavy atom. The fourth-order valence-electron chi connectivity index (χ4n) is 1.57. The number of nitrogens with one attached hydrogen (secondary N) is 1. The average molecular weight is 300 g/mol. The van der Waals surface area contributed by atoms with E-state index in [2.05, 4.69) is 5.32 Å². The van der Waals surface area contributed by atoms with Gasteiger partial charge >= 0.3 is 0 Å². The number of rotatable bonds is 6. The Labute approximate surface area is 119 Å². The van der Waals surface area contributed by atoms with Gasteiger partial charge in [0.2, 0.25) is 5.91 Å². The molecule has 0 aliphatic rings. The highest BCUT2D eigenvalue weighted by atomic mass is 32.2. The van der Waals surface area contributed by atoms with Gasteiger partial charge in [-0.2, -0.15) is 0 Å². The second kappa shape index (κ2) is 6.83. The Morgan fingerprint density at radius 2 is 2.10 bits per heavy atom. The van der Waals surface area contributed by atoms with Crippen molar-refractivity contribution >= 4 is 21.4 Å². The van der Waals surface area contributed by atoms with E-state index in [0.717, 1.165) is 11.8 Å². The molecule has 0 saturated heterocycles. The van der Waals surface area contributed by atoms with E-state index in [1.165, 1.54) is 19.2 Å². The summed E-state index contributed by atoms with van der Waals surface area (Å²) >= 11 is 0. The average Bonchev–Trinajstić information content (AvgIpc) is 2.37. The van der Waals surface area contributed by atoms with Crippen molar-refractivity contribution in [1.29, 1.82) is 0 Å². The van der Waals surface area contributed by atoms with Crippen LogP contribution in [0.2, 0.25) is 0 Å². The Bertz CT molecular complexity index is 584. The van der Waals surface area contributed by atoms with Gasteiger partial charge < -0.3 is 15.8 Å². The van der Waals surface area contributed by atoms with Gasteiger partial charge in [-0.05, 0) is 31.0 Å². The van der Waals surface area contributed by atoms with Crippen molar-refractivity contribution < 1.29 is 17.9 Å². The maximum absolute atomic E-state index is 11.9. The van der Waals surface area contributed by atoms with Crippen molar-refractivity contribution in [2.75, 3.05) is 25.3 Å². The van der Waals surface area contributed by atoms with Gasteiger partial charge in [-0.3, -0.25) is 4.79 Å². The maximum Gasteiger partial charge on any atom is 0.241 e. The molecule has 0 radical (unpaired) electrons. The molecule has 112 valence electrons. The van der Waals surface area contributed by atoms with Crippen molar-refractivity contribution in [3.8, 4) is 0 Å². The molecule has 0 aliphatic heterocycles. The van der Waals surface area contributed by atoms with Crippen molar-refractivity contribution in [3.05, 3.63) is 23.8 Å². The molecule has 20 heavy (non-hydrogen) atoms. The first kappa shape index (κ1) is 16.6. The van der Waals surface area contributed by atoms with Gasteiger partial charge in [-0.15, -0.1) is 0 Å². The quantitative estimate of drug-likeness (QED) is 0.806. The molecular formula is C13H20N2O4S. The topological polar surface area (TPSA) is 98.5 Å². The molecule has 1 aromatic carbocycles. The highest BCUT2D eigenvalue weighted by Gasteiger charge is 2.16. The number of benzene rings is 1. The lowest BCUT2D eigenvalue weighted by Gasteiger charge is -2.14. The predicted molar refractivity (Wildman–Crippen MR) is 77.4 cm³/mol. The Balaban J connectivity index is 2.89. The highest BCUT2D eigenvalue weighted by Crippen LogP contribution is 2.20. The van der Waals surface area contributed by atoms with Crippen molar-refractivity contribution in [3.63, 3.8) is 0 Å². The monoisotopic (exact) mass is 300 g/mol. The number of carbonyl (C=O) groups is 1. The summed E-state index contributed by atoms with van der Waals surface area (Å²) in [5, 5.41) is 2.65. The second-order valence-electron chi connectivity index (χ2n) is 4.63. The Morgan fingerprint density at radius 1 is 1.45 bits per heavy atom. The number of nitrogens with two attached hydrogens (primary N) is 1. The van der Waals surface area contributed by atoms with E-state index < -0.39 is 15.9 Å². The van der Waals surface area contributed by atoms with E-state index in [-0.39, 0.29) is 10.8 Å². The van der Waals surface area contributed by atoms with Crippen LogP contribution in [0.4, 0.5) is 5.69 Å². The number of ether oxygens (including phenoxy) is 1. The standard InChI is InChI=1S/C13H20N2O4S/c1-9-4-5-10(20(3,17)18)8-12(9)15-13(16)11(14)6-7-19-2/h4-5,8,11H,6-7,14H2,1-3H3,(H,15,16). The van der Waals surface area contributed by atoms with E-state index in [4.69, 9.17) is 10.5 Å². The molecule has 1 atom stereocenters. The number of hydrogen-bond donors (Lipinski definition) is 2. The molecule has 1 amide bonds. The van der Waals surface area contributed by atoms with E-state index in [9.17, 15) is 13.2 Å². The van der Waals surface area contributed by atoms with Crippen molar-refractivity contribution in [1.82, 2.24) is 0 Å². The number of methoxy groups -OCH3 is 1. The molecular weight excluding hydrogens is 280 g/mol. The zero-order valence-electron chi connectivity index (χ0n) is 11.8. The van der Waals surface area contributed by atoms with Crippen LogP contribution in [0.1, 0.15) is 12.0 Å². The summed E-state index contributed by atoms with van der Waals surface area (Å²) in [6.07, 6.45) is 1.51. The van der Waals surface area contributed by atoms with Gasteiger partial charge in [0.05, 0.1) is 10.9 Å². The fraction of sp³-hybridized carbons (Fsp3) is 0.462. The minimum Gasteiger partial charge on any atom is -0.385 e. The molecule has 1 unspecified atom stereocenters. The van der Waals surface area contributed by atoms with Crippen LogP contribution in [0.5, 0.6) is 0 Å². The smallest absolute Gasteiger partial charge is 0.241 e. The lowest BCUT2D eigenvalue weighted by Crippen LogP contribution is -2.36. The third-order valence-electron chi connectivity index (χ3n) is 2.86. The van der Waals surface area contributed by atoms with Crippen molar-refractivity contribution in [2.45, 2.75) is 24.3 Å². The molecule has 0 heterocycles. The second-order valence-corrected chi connectivity index (χ2v) is 6.64. The van der Waals surface area contributed by atoms with Crippen LogP contribution < -0.4 is 11.1 Å². The number of hydrogen-bond acceptors (Lipinski definition) is 5. The summed E-state index contributed by atoms with van der Waals surface area (Å²) in [4.78, 5) is 12.0. The van der Waals surface area contributed by atoms with Crippen LogP contribution in [0.25, 0.3) is 0 Å². The van der Waals surface area contributed by atoms with E-state index in [1.54, 1.807) is 13.0 Å². The lowest BCUT2D eigenvalue weighted by atomic mass is 10.1. The van der Waals surface area contributed by atoms with Gasteiger partial charge in [-0.1, -0.05) is 6.07 Å². The minimum absolute atomic E-state index is 0.156. The SMILES string of the molecule is COCCC(N)C(=O)Nc1cc(S(C)(=O)=O)ccc1C. The summed E-state index contributed by atoms with van der Waals surface area (Å²) in [5.41, 5.74) is 6.93. The normalized spacial score (nSPS) is 13.0. The van der Waals surface area contributed by atoms with E-state index in [0.29, 0.717) is 18.7 Å². The van der Waals surface area contributed by atoms with E-state index in [1.807, 2.05) is 0 Å². The van der Waals surface area contributed by atoms with Gasteiger partial charge in [0.25, 0.3) is 0 Å². The molecule has 6 nitrogen and oxygen atoms in total. The molecule has 0 aromatic heterocycles. The first-order chi connectivity index (χ1) is 9.25. The number of amides is 1. The van der Waals surface area contributed by atoms with Gasteiger partial charge in [0, 0.05) is 25.7 Å². The number of aryl methyl sites for hydroxylation is 1. The Kier molecular flexibility index (Phi) is 5.67. The first-order valence-electron chi connectivity index (χ1n) is 6.12. The molecule has 0 saturated carbocycles. The predicted octanol–water partition coefficient (Wildman–Crippen LogP) is 0.701. The van der Waals surface area contributed by atoms with Crippen LogP contribution >= 0.6 is 0 Å². The Hall–Kier alpha value is -1.44. The molecule has 0 aliphatic carbocycles. The number of sulfone groups is 1. The summed E-state index contributed by atoms with van der Waals surface area (Å²) in [7, 11) is -1.78. The summed E-state index contributed by atoms with van der Waals surface area (Å²) < 4.78 is 27.9. The van der Waals surface area contributed by atoms with Crippen LogP contribution in [0.15, 0.2) is 23.1 Å². The summed E-state index contributed by atoms with van der Waals surface area (Å²) in [5.74, 6) is -0.365. The van der Waals surface area contributed by atoms with Crippen LogP contribution in [-0.4, -0.2) is 40.3 Å². The molecule has 1 rings (SSSR count). The summed E-state index contributed by atoms with van der Waals surface area (Å²) in [6, 6.07) is 3.89. The summed E-state index contributed by atoms with van der Waals surface area (Å²) in [6.45, 7) is 2.17. The zero-order chi connectivity index (χ0) is 15.3. The highest BCUT2D eigenvalue weighted by molar-refractivity contribution is 7.90. The molecule has 0 bridgehead atoms. The zero-order valence-corrected chi connectivity index (χ0v) is 12.7. The van der Waals surface area contributed by atoms with Crippen LogP contribution in [0.3, 0.4) is 0 Å². The van der Waals surface area contributed by atoms with Gasteiger partial charge in [0.1, 0.15) is 0 Å². The molecule has 0 fully saturated rings. The van der Waals surface area contributed by atoms with Crippen LogP contribution in [0, 0.1) is 6.92 Å². The first-order valence-corrected chi connectivity index (χ1v) is 8.01. The third-order valence-corrected chi connectivity index (χ3v) is 3.98. The largest absolute Gasteiger partial charge is 0.385 e. The molecule has 7 heteroatoms. The van der Waals surface area contributed by atoms with Gasteiger partial charge in [0.15, 0.2) is 9.84 Å². The molecule has 3 N–H and O–H groups in total. The van der Waals surface area contributed by atoms with E-state index >= 15 is 0 Å². The van der Waals surface area contributed by atoms with Crippen LogP contribution in [-0.2, 0) is 19.4 Å². The third kappa shape index (κ3) is 4.59. The molecule has 0 spiro atoms.